The number of nitrogens with one attached hydrogen (secondary N) is 1. The van der Waals surface area contributed by atoms with E-state index in [-0.39, 0.29) is 0 Å². The predicted octanol–water partition coefficient (Wildman–Crippen LogP) is 2.96. The molecule has 21 heavy (non-hydrogen) atoms. The number of aromatic nitrogens is 3. The third-order valence-electron chi connectivity index (χ3n) is 4.93. The summed E-state index contributed by atoms with van der Waals surface area (Å²) in [6.07, 6.45) is 11.8. The number of aromatic amines is 1. The van der Waals surface area contributed by atoms with Crippen LogP contribution in [-0.2, 0) is 26.4 Å². The summed E-state index contributed by atoms with van der Waals surface area (Å²) in [5.41, 5.74) is 4.14. The van der Waals surface area contributed by atoms with Crippen LogP contribution >= 0.6 is 0 Å². The van der Waals surface area contributed by atoms with Crippen LogP contribution in [0.15, 0.2) is 18.5 Å². The minimum atomic E-state index is 0.482. The molecule has 2 aromatic rings. The van der Waals surface area contributed by atoms with Gasteiger partial charge in [-0.25, -0.2) is 4.98 Å². The Kier molecular flexibility index (Phi) is 3.34. The molecule has 1 aliphatic carbocycles. The van der Waals surface area contributed by atoms with Gasteiger partial charge in [0.05, 0.1) is 11.7 Å². The maximum Gasteiger partial charge on any atom is 0.124 e. The van der Waals surface area contributed by atoms with Crippen LogP contribution in [0.2, 0.25) is 0 Å². The SMILES string of the molecule is Cn1ccc(CN2CCCC2c2nc3c([nH]2)CCCC3)c1. The molecule has 4 heteroatoms. The van der Waals surface area contributed by atoms with Crippen LogP contribution in [0.5, 0.6) is 0 Å². The van der Waals surface area contributed by atoms with Crippen molar-refractivity contribution in [3.63, 3.8) is 0 Å². The normalized spacial score (nSPS) is 22.6. The van der Waals surface area contributed by atoms with Crippen molar-refractivity contribution < 1.29 is 0 Å². The number of rotatable bonds is 3. The molecular formula is C17H24N4. The Bertz CT molecular complexity index is 601. The van der Waals surface area contributed by atoms with Gasteiger partial charge in [0.2, 0.25) is 0 Å². The second-order valence-electron chi connectivity index (χ2n) is 6.57. The molecule has 1 fully saturated rings. The van der Waals surface area contributed by atoms with Gasteiger partial charge in [-0.05, 0) is 56.7 Å². The van der Waals surface area contributed by atoms with E-state index in [4.69, 9.17) is 4.98 Å². The highest BCUT2D eigenvalue weighted by Gasteiger charge is 2.29. The van der Waals surface area contributed by atoms with Crippen molar-refractivity contribution >= 4 is 0 Å². The lowest BCUT2D eigenvalue weighted by Crippen LogP contribution is -2.23. The molecule has 3 heterocycles. The molecule has 1 saturated heterocycles. The molecule has 0 bridgehead atoms. The lowest BCUT2D eigenvalue weighted by atomic mass is 10.0. The Hall–Kier alpha value is -1.55. The molecule has 2 aliphatic rings. The van der Waals surface area contributed by atoms with Crippen molar-refractivity contribution in [2.45, 2.75) is 51.1 Å². The van der Waals surface area contributed by atoms with E-state index >= 15 is 0 Å². The largest absolute Gasteiger partial charge is 0.357 e. The highest BCUT2D eigenvalue weighted by Crippen LogP contribution is 2.33. The van der Waals surface area contributed by atoms with E-state index in [0.29, 0.717) is 6.04 Å². The molecule has 0 radical (unpaired) electrons. The molecule has 1 atom stereocenters. The maximum absolute atomic E-state index is 4.93. The molecule has 2 aromatic heterocycles. The Morgan fingerprint density at radius 2 is 2.19 bits per heavy atom. The summed E-state index contributed by atoms with van der Waals surface area (Å²) in [5.74, 6) is 1.22. The first kappa shape index (κ1) is 13.1. The summed E-state index contributed by atoms with van der Waals surface area (Å²) in [5, 5.41) is 0. The Morgan fingerprint density at radius 3 is 3.00 bits per heavy atom. The number of aryl methyl sites for hydroxylation is 3. The van der Waals surface area contributed by atoms with Gasteiger partial charge in [-0.15, -0.1) is 0 Å². The quantitative estimate of drug-likeness (QED) is 0.941. The second kappa shape index (κ2) is 5.34. The van der Waals surface area contributed by atoms with Gasteiger partial charge in [0.1, 0.15) is 5.82 Å². The number of nitrogens with zero attached hydrogens (tertiary/aromatic N) is 3. The van der Waals surface area contributed by atoms with Crippen LogP contribution in [0.4, 0.5) is 0 Å². The smallest absolute Gasteiger partial charge is 0.124 e. The van der Waals surface area contributed by atoms with Crippen molar-refractivity contribution in [3.8, 4) is 0 Å². The van der Waals surface area contributed by atoms with Gasteiger partial charge in [0.25, 0.3) is 0 Å². The topological polar surface area (TPSA) is 36.9 Å². The van der Waals surface area contributed by atoms with Crippen molar-refractivity contribution in [3.05, 3.63) is 41.2 Å². The standard InChI is InChI=1S/C17H24N4/c1-20-10-8-13(11-20)12-21-9-4-7-16(21)17-18-14-5-2-3-6-15(14)19-17/h8,10-11,16H,2-7,9,12H2,1H3,(H,18,19). The van der Waals surface area contributed by atoms with E-state index in [9.17, 15) is 0 Å². The van der Waals surface area contributed by atoms with Gasteiger partial charge in [-0.3, -0.25) is 4.90 Å². The summed E-state index contributed by atoms with van der Waals surface area (Å²) >= 11 is 0. The predicted molar refractivity (Wildman–Crippen MR) is 83.0 cm³/mol. The summed E-state index contributed by atoms with van der Waals surface area (Å²) < 4.78 is 2.13. The van der Waals surface area contributed by atoms with Crippen LogP contribution < -0.4 is 0 Å². The first-order chi connectivity index (χ1) is 10.3. The Morgan fingerprint density at radius 1 is 1.29 bits per heavy atom. The molecule has 0 amide bonds. The number of imidazole rings is 1. The monoisotopic (exact) mass is 284 g/mol. The Labute approximate surface area is 126 Å². The molecule has 0 saturated carbocycles. The highest BCUT2D eigenvalue weighted by molar-refractivity contribution is 5.20. The average molecular weight is 284 g/mol. The number of H-pyrrole nitrogens is 1. The molecule has 0 aromatic carbocycles. The fourth-order valence-corrected chi connectivity index (χ4v) is 3.85. The van der Waals surface area contributed by atoms with Crippen LogP contribution in [0.1, 0.15) is 54.5 Å². The molecule has 112 valence electrons. The number of hydrogen-bond acceptors (Lipinski definition) is 2. The molecule has 1 unspecified atom stereocenters. The first-order valence-electron chi connectivity index (χ1n) is 8.22. The van der Waals surface area contributed by atoms with Gasteiger partial charge in [-0.1, -0.05) is 0 Å². The van der Waals surface area contributed by atoms with Crippen LogP contribution in [0, 0.1) is 0 Å². The van der Waals surface area contributed by atoms with E-state index in [1.807, 2.05) is 0 Å². The summed E-state index contributed by atoms with van der Waals surface area (Å²) in [6, 6.07) is 2.71. The van der Waals surface area contributed by atoms with Gasteiger partial charge in [0, 0.05) is 31.7 Å². The second-order valence-corrected chi connectivity index (χ2v) is 6.57. The van der Waals surface area contributed by atoms with Gasteiger partial charge >= 0.3 is 0 Å². The fraction of sp³-hybridized carbons (Fsp3) is 0.588. The van der Waals surface area contributed by atoms with Gasteiger partial charge in [-0.2, -0.15) is 0 Å². The summed E-state index contributed by atoms with van der Waals surface area (Å²) in [4.78, 5) is 11.1. The summed E-state index contributed by atoms with van der Waals surface area (Å²) in [7, 11) is 2.09. The molecule has 1 N–H and O–H groups in total. The minimum Gasteiger partial charge on any atom is -0.357 e. The summed E-state index contributed by atoms with van der Waals surface area (Å²) in [6.45, 7) is 2.22. The fourth-order valence-electron chi connectivity index (χ4n) is 3.85. The molecule has 0 spiro atoms. The number of fused-ring (bicyclic) bond motifs is 1. The highest BCUT2D eigenvalue weighted by atomic mass is 15.2. The Balaban J connectivity index is 1.54. The van der Waals surface area contributed by atoms with Crippen molar-refractivity contribution in [1.29, 1.82) is 0 Å². The minimum absolute atomic E-state index is 0.482. The van der Waals surface area contributed by atoms with Crippen molar-refractivity contribution in [2.24, 2.45) is 7.05 Å². The molecule has 1 aliphatic heterocycles. The lowest BCUT2D eigenvalue weighted by molar-refractivity contribution is 0.240. The van der Waals surface area contributed by atoms with Crippen molar-refractivity contribution in [2.75, 3.05) is 6.54 Å². The molecule has 4 rings (SSSR count). The third kappa shape index (κ3) is 2.53. The van der Waals surface area contributed by atoms with Gasteiger partial charge < -0.3 is 9.55 Å². The van der Waals surface area contributed by atoms with Crippen LogP contribution in [0.25, 0.3) is 0 Å². The average Bonchev–Trinajstić information content (AvgIpc) is 3.18. The van der Waals surface area contributed by atoms with E-state index in [1.165, 1.54) is 61.4 Å². The van der Waals surface area contributed by atoms with Gasteiger partial charge in [0.15, 0.2) is 0 Å². The van der Waals surface area contributed by atoms with E-state index in [0.717, 1.165) is 13.0 Å². The van der Waals surface area contributed by atoms with Crippen molar-refractivity contribution in [1.82, 2.24) is 19.4 Å². The zero-order chi connectivity index (χ0) is 14.2. The molecule has 4 nitrogen and oxygen atoms in total. The molecular weight excluding hydrogens is 260 g/mol. The van der Waals surface area contributed by atoms with E-state index < -0.39 is 0 Å². The maximum atomic E-state index is 4.93. The number of likely N-dealkylation sites (tertiary alicyclic amines) is 1. The van der Waals surface area contributed by atoms with Crippen LogP contribution in [-0.4, -0.2) is 26.0 Å². The van der Waals surface area contributed by atoms with E-state index in [1.54, 1.807) is 0 Å². The number of hydrogen-bond donors (Lipinski definition) is 1. The zero-order valence-electron chi connectivity index (χ0n) is 12.8. The lowest BCUT2D eigenvalue weighted by Gasteiger charge is -2.22. The zero-order valence-corrected chi connectivity index (χ0v) is 12.8. The first-order valence-corrected chi connectivity index (χ1v) is 8.22. The third-order valence-corrected chi connectivity index (χ3v) is 4.93. The van der Waals surface area contributed by atoms with Crippen LogP contribution in [0.3, 0.4) is 0 Å². The van der Waals surface area contributed by atoms with E-state index in [2.05, 4.69) is 40.0 Å².